The largest absolute Gasteiger partial charge is 0.415 e. The highest BCUT2D eigenvalue weighted by Crippen LogP contribution is 2.25. The quantitative estimate of drug-likeness (QED) is 0.691. The van der Waals surface area contributed by atoms with E-state index in [-0.39, 0.29) is 26.3 Å². The molecule has 0 aromatic rings. The van der Waals surface area contributed by atoms with Crippen molar-refractivity contribution >= 4 is 0 Å². The van der Waals surface area contributed by atoms with Gasteiger partial charge in [-0.1, -0.05) is 0 Å². The van der Waals surface area contributed by atoms with Gasteiger partial charge in [-0.2, -0.15) is 13.2 Å². The summed E-state index contributed by atoms with van der Waals surface area (Å²) in [6.07, 6.45) is -6.00. The monoisotopic (exact) mass is 199 g/mol. The van der Waals surface area contributed by atoms with E-state index >= 15 is 0 Å². The third kappa shape index (κ3) is 3.13. The van der Waals surface area contributed by atoms with Crippen LogP contribution in [0, 0.1) is 0 Å². The lowest BCUT2D eigenvalue weighted by atomic mass is 10.2. The molecule has 1 heterocycles. The number of aliphatic hydroxyl groups excluding tert-OH is 1. The van der Waals surface area contributed by atoms with E-state index in [1.165, 1.54) is 0 Å². The van der Waals surface area contributed by atoms with Crippen molar-refractivity contribution < 1.29 is 23.0 Å². The summed E-state index contributed by atoms with van der Waals surface area (Å²) in [5, 5.41) is 8.54. The van der Waals surface area contributed by atoms with Gasteiger partial charge >= 0.3 is 6.18 Å². The minimum absolute atomic E-state index is 0.0736. The van der Waals surface area contributed by atoms with E-state index in [1.807, 2.05) is 0 Å². The van der Waals surface area contributed by atoms with Gasteiger partial charge in [0.2, 0.25) is 0 Å². The molecule has 0 amide bonds. The summed E-state index contributed by atoms with van der Waals surface area (Å²) in [7, 11) is 0. The molecule has 1 N–H and O–H groups in total. The van der Waals surface area contributed by atoms with Gasteiger partial charge in [0.15, 0.2) is 6.10 Å². The summed E-state index contributed by atoms with van der Waals surface area (Å²) in [5.41, 5.74) is 0. The number of nitrogens with zero attached hydrogens (tertiary/aromatic N) is 1. The maximum Gasteiger partial charge on any atom is 0.415 e. The second kappa shape index (κ2) is 4.26. The predicted octanol–water partition coefficient (Wildman–Crippen LogP) is 0.242. The molecule has 1 aliphatic heterocycles. The van der Waals surface area contributed by atoms with Gasteiger partial charge in [-0.05, 0) is 0 Å². The van der Waals surface area contributed by atoms with Gasteiger partial charge < -0.3 is 9.84 Å². The maximum atomic E-state index is 12.1. The number of hydrogen-bond donors (Lipinski definition) is 1. The molecule has 13 heavy (non-hydrogen) atoms. The van der Waals surface area contributed by atoms with Crippen LogP contribution in [0.5, 0.6) is 0 Å². The second-order valence-corrected chi connectivity index (χ2v) is 2.93. The first-order chi connectivity index (χ1) is 6.04. The molecule has 0 aromatic heterocycles. The second-order valence-electron chi connectivity index (χ2n) is 2.93. The van der Waals surface area contributed by atoms with Crippen molar-refractivity contribution in [2.45, 2.75) is 12.3 Å². The summed E-state index contributed by atoms with van der Waals surface area (Å²) in [6, 6.07) is 0. The standard InChI is InChI=1S/C7H12F3NO2/c8-7(9,10)6-5-11(1-3-12)2-4-13-6/h6,12H,1-5H2. The minimum atomic E-state index is -4.30. The van der Waals surface area contributed by atoms with Crippen LogP contribution in [0.25, 0.3) is 0 Å². The Balaban J connectivity index is 2.42. The molecule has 78 valence electrons. The van der Waals surface area contributed by atoms with E-state index in [0.717, 1.165) is 0 Å². The van der Waals surface area contributed by atoms with E-state index in [9.17, 15) is 13.2 Å². The zero-order chi connectivity index (χ0) is 9.90. The van der Waals surface area contributed by atoms with Gasteiger partial charge in [0.05, 0.1) is 13.2 Å². The summed E-state index contributed by atoms with van der Waals surface area (Å²) in [4.78, 5) is 1.54. The molecule has 0 aromatic carbocycles. The summed E-state index contributed by atoms with van der Waals surface area (Å²) < 4.78 is 41.0. The predicted molar refractivity (Wildman–Crippen MR) is 39.3 cm³/mol. The first kappa shape index (κ1) is 10.7. The highest BCUT2D eigenvalue weighted by molar-refractivity contribution is 4.76. The summed E-state index contributed by atoms with van der Waals surface area (Å²) in [5.74, 6) is 0. The maximum absolute atomic E-state index is 12.1. The van der Waals surface area contributed by atoms with Crippen LogP contribution in [-0.2, 0) is 4.74 Å². The Morgan fingerprint density at radius 1 is 1.46 bits per heavy atom. The Kier molecular flexibility index (Phi) is 3.52. The third-order valence-electron chi connectivity index (χ3n) is 1.93. The number of alkyl halides is 3. The highest BCUT2D eigenvalue weighted by Gasteiger charge is 2.43. The molecule has 1 fully saturated rings. The highest BCUT2D eigenvalue weighted by atomic mass is 19.4. The van der Waals surface area contributed by atoms with Crippen molar-refractivity contribution in [3.8, 4) is 0 Å². The third-order valence-corrected chi connectivity index (χ3v) is 1.93. The number of aliphatic hydroxyl groups is 1. The Morgan fingerprint density at radius 2 is 2.15 bits per heavy atom. The molecule has 1 aliphatic rings. The van der Waals surface area contributed by atoms with Crippen LogP contribution in [0.4, 0.5) is 13.2 Å². The molecule has 1 saturated heterocycles. The lowest BCUT2D eigenvalue weighted by Gasteiger charge is -2.33. The zero-order valence-corrected chi connectivity index (χ0v) is 7.05. The fraction of sp³-hybridized carbons (Fsp3) is 1.00. The lowest BCUT2D eigenvalue weighted by molar-refractivity contribution is -0.237. The molecule has 0 bridgehead atoms. The van der Waals surface area contributed by atoms with E-state index in [1.54, 1.807) is 4.90 Å². The van der Waals surface area contributed by atoms with Crippen molar-refractivity contribution in [1.29, 1.82) is 0 Å². The Labute approximate surface area is 74.1 Å². The molecule has 3 nitrogen and oxygen atoms in total. The van der Waals surface area contributed by atoms with Gasteiger partial charge in [0, 0.05) is 19.6 Å². The van der Waals surface area contributed by atoms with E-state index in [0.29, 0.717) is 6.54 Å². The molecular weight excluding hydrogens is 187 g/mol. The fourth-order valence-corrected chi connectivity index (χ4v) is 1.25. The first-order valence-electron chi connectivity index (χ1n) is 4.05. The molecule has 0 aliphatic carbocycles. The minimum Gasteiger partial charge on any atom is -0.395 e. The van der Waals surface area contributed by atoms with Gasteiger partial charge in [0.25, 0.3) is 0 Å². The average molecular weight is 199 g/mol. The van der Waals surface area contributed by atoms with Crippen molar-refractivity contribution in [2.24, 2.45) is 0 Å². The smallest absolute Gasteiger partial charge is 0.395 e. The zero-order valence-electron chi connectivity index (χ0n) is 7.05. The molecule has 0 radical (unpaired) electrons. The summed E-state index contributed by atoms with van der Waals surface area (Å²) >= 11 is 0. The normalized spacial score (nSPS) is 26.3. The number of ether oxygens (including phenoxy) is 1. The molecular formula is C7H12F3NO2. The Hall–Kier alpha value is -0.330. The van der Waals surface area contributed by atoms with Gasteiger partial charge in [-0.15, -0.1) is 0 Å². The molecule has 6 heteroatoms. The molecule has 1 rings (SSSR count). The number of morpholine rings is 1. The van der Waals surface area contributed by atoms with Crippen molar-refractivity contribution in [3.05, 3.63) is 0 Å². The van der Waals surface area contributed by atoms with Gasteiger partial charge in [0.1, 0.15) is 0 Å². The topological polar surface area (TPSA) is 32.7 Å². The number of halogens is 3. The number of rotatable bonds is 2. The van der Waals surface area contributed by atoms with E-state index < -0.39 is 12.3 Å². The van der Waals surface area contributed by atoms with Crippen LogP contribution in [-0.4, -0.2) is 55.1 Å². The van der Waals surface area contributed by atoms with Crippen molar-refractivity contribution in [1.82, 2.24) is 4.90 Å². The Morgan fingerprint density at radius 3 is 2.69 bits per heavy atom. The van der Waals surface area contributed by atoms with Crippen LogP contribution in [0.3, 0.4) is 0 Å². The fourth-order valence-electron chi connectivity index (χ4n) is 1.25. The number of hydrogen-bond acceptors (Lipinski definition) is 3. The first-order valence-corrected chi connectivity index (χ1v) is 4.05. The molecule has 0 spiro atoms. The Bertz CT molecular complexity index is 160. The van der Waals surface area contributed by atoms with Crippen LogP contribution in [0.1, 0.15) is 0 Å². The summed E-state index contributed by atoms with van der Waals surface area (Å²) in [6.45, 7) is 0.502. The van der Waals surface area contributed by atoms with Crippen LogP contribution >= 0.6 is 0 Å². The van der Waals surface area contributed by atoms with Crippen LogP contribution < -0.4 is 0 Å². The van der Waals surface area contributed by atoms with Crippen molar-refractivity contribution in [2.75, 3.05) is 32.8 Å². The van der Waals surface area contributed by atoms with Crippen LogP contribution in [0.2, 0.25) is 0 Å². The number of β-amino-alcohol motifs (C(OH)–C–C–N with tert-alkyl or cyclic N) is 1. The van der Waals surface area contributed by atoms with Crippen LogP contribution in [0.15, 0.2) is 0 Å². The van der Waals surface area contributed by atoms with Crippen molar-refractivity contribution in [3.63, 3.8) is 0 Å². The average Bonchev–Trinajstić information content (AvgIpc) is 2.04. The van der Waals surface area contributed by atoms with E-state index in [2.05, 4.69) is 4.74 Å². The molecule has 0 saturated carbocycles. The van der Waals surface area contributed by atoms with Gasteiger partial charge in [-0.3, -0.25) is 4.90 Å². The lowest BCUT2D eigenvalue weighted by Crippen LogP contribution is -2.49. The van der Waals surface area contributed by atoms with E-state index in [4.69, 9.17) is 5.11 Å². The van der Waals surface area contributed by atoms with Gasteiger partial charge in [-0.25, -0.2) is 0 Å². The SMILES string of the molecule is OCCN1CCOC(C(F)(F)F)C1. The molecule has 1 unspecified atom stereocenters. The molecule has 1 atom stereocenters.